The van der Waals surface area contributed by atoms with E-state index in [9.17, 15) is 4.79 Å². The van der Waals surface area contributed by atoms with E-state index in [0.29, 0.717) is 0 Å². The summed E-state index contributed by atoms with van der Waals surface area (Å²) < 4.78 is 1.77. The van der Waals surface area contributed by atoms with Gasteiger partial charge in [0, 0.05) is 16.2 Å². The van der Waals surface area contributed by atoms with Gasteiger partial charge in [-0.2, -0.15) is 0 Å². The fraction of sp³-hybridized carbons (Fsp3) is 0. The van der Waals surface area contributed by atoms with Crippen LogP contribution in [-0.2, 0) is 0 Å². The van der Waals surface area contributed by atoms with Crippen LogP contribution in [0.2, 0.25) is 0 Å². The van der Waals surface area contributed by atoms with Crippen LogP contribution in [0, 0.1) is 0 Å². The van der Waals surface area contributed by atoms with Crippen molar-refractivity contribution in [2.75, 3.05) is 0 Å². The lowest BCUT2D eigenvalue weighted by Gasteiger charge is -2.16. The maximum absolute atomic E-state index is 13.7. The first-order valence-electron chi connectivity index (χ1n) is 10.5. The number of fused-ring (bicyclic) bond motifs is 6. The van der Waals surface area contributed by atoms with E-state index >= 15 is 0 Å². The fourth-order valence-electron chi connectivity index (χ4n) is 5.63. The van der Waals surface area contributed by atoms with Gasteiger partial charge in [0.25, 0.3) is 5.56 Å². The fourth-order valence-corrected chi connectivity index (χ4v) is 5.63. The molecule has 0 aliphatic rings. The smallest absolute Gasteiger partial charge is 0.264 e. The van der Waals surface area contributed by atoms with Gasteiger partial charge in [-0.15, -0.1) is 0 Å². The van der Waals surface area contributed by atoms with Gasteiger partial charge in [0.2, 0.25) is 0 Å². The van der Waals surface area contributed by atoms with Gasteiger partial charge in [-0.3, -0.25) is 9.20 Å². The Bertz CT molecular complexity index is 2020. The minimum atomic E-state index is -0.00281. The highest BCUT2D eigenvalue weighted by molar-refractivity contribution is 6.37. The highest BCUT2D eigenvalue weighted by Gasteiger charge is 2.20. The highest BCUT2D eigenvalue weighted by atomic mass is 16.1. The molecular formula is C28H14N2O. The molecule has 0 amide bonds. The van der Waals surface area contributed by atoms with Crippen LogP contribution >= 0.6 is 0 Å². The van der Waals surface area contributed by atoms with Gasteiger partial charge >= 0.3 is 0 Å². The van der Waals surface area contributed by atoms with Crippen LogP contribution in [0.1, 0.15) is 0 Å². The normalized spacial score (nSPS) is 12.6. The Hall–Kier alpha value is -4.24. The molecule has 0 unspecified atom stereocenters. The standard InChI is InChI=1S/C28H14N2O/c31-28-21-14-12-19-17-8-4-6-15-5-3-7-16(24(15)17)18-11-13-20(26(21)25(18)19)27-29-22-9-1-2-10-23(22)30(27)28/h1-14H. The van der Waals surface area contributed by atoms with Crippen LogP contribution in [0.4, 0.5) is 0 Å². The molecule has 0 spiro atoms. The zero-order chi connectivity index (χ0) is 20.3. The Kier molecular flexibility index (Phi) is 2.55. The molecule has 0 radical (unpaired) electrons. The molecular weight excluding hydrogens is 380 g/mol. The molecule has 142 valence electrons. The molecule has 31 heavy (non-hydrogen) atoms. The van der Waals surface area contributed by atoms with E-state index in [4.69, 9.17) is 4.98 Å². The number of para-hydroxylation sites is 2. The third-order valence-corrected chi connectivity index (χ3v) is 6.88. The summed E-state index contributed by atoms with van der Waals surface area (Å²) in [6, 6.07) is 29.3. The van der Waals surface area contributed by atoms with Crippen LogP contribution in [0.15, 0.2) is 89.7 Å². The van der Waals surface area contributed by atoms with Gasteiger partial charge in [-0.25, -0.2) is 4.98 Å². The van der Waals surface area contributed by atoms with Gasteiger partial charge in [-0.1, -0.05) is 60.7 Å². The first kappa shape index (κ1) is 15.6. The van der Waals surface area contributed by atoms with E-state index in [0.717, 1.165) is 38.2 Å². The molecule has 0 saturated carbocycles. The number of rotatable bonds is 0. The Morgan fingerprint density at radius 3 is 1.94 bits per heavy atom. The second kappa shape index (κ2) is 5.08. The third kappa shape index (κ3) is 1.69. The van der Waals surface area contributed by atoms with Crippen molar-refractivity contribution in [1.82, 2.24) is 9.38 Å². The molecule has 6 aromatic carbocycles. The Morgan fingerprint density at radius 1 is 0.548 bits per heavy atom. The average molecular weight is 394 g/mol. The lowest BCUT2D eigenvalue weighted by molar-refractivity contribution is 1.19. The number of imidazole rings is 1. The number of hydrogen-bond acceptors (Lipinski definition) is 2. The van der Waals surface area contributed by atoms with Crippen LogP contribution < -0.4 is 5.56 Å². The van der Waals surface area contributed by atoms with Crippen molar-refractivity contribution < 1.29 is 0 Å². The Morgan fingerprint density at radius 2 is 1.16 bits per heavy atom. The largest absolute Gasteiger partial charge is 0.268 e. The zero-order valence-electron chi connectivity index (χ0n) is 16.4. The quantitative estimate of drug-likeness (QED) is 0.218. The summed E-state index contributed by atoms with van der Waals surface area (Å²) >= 11 is 0. The molecule has 3 heteroatoms. The molecule has 0 aliphatic carbocycles. The second-order valence-corrected chi connectivity index (χ2v) is 8.35. The van der Waals surface area contributed by atoms with Crippen molar-refractivity contribution in [1.29, 1.82) is 0 Å². The molecule has 2 heterocycles. The number of hydrogen-bond donors (Lipinski definition) is 0. The minimum Gasteiger partial charge on any atom is -0.268 e. The van der Waals surface area contributed by atoms with Gasteiger partial charge < -0.3 is 0 Å². The van der Waals surface area contributed by atoms with Gasteiger partial charge in [0.05, 0.1) is 11.0 Å². The summed E-state index contributed by atoms with van der Waals surface area (Å²) in [5, 5.41) is 11.3. The molecule has 0 atom stereocenters. The maximum Gasteiger partial charge on any atom is 0.264 e. The topological polar surface area (TPSA) is 34.4 Å². The Labute approximate surface area is 175 Å². The van der Waals surface area contributed by atoms with E-state index < -0.39 is 0 Å². The molecule has 0 N–H and O–H groups in total. The molecule has 0 bridgehead atoms. The van der Waals surface area contributed by atoms with Crippen LogP contribution in [0.5, 0.6) is 0 Å². The predicted octanol–water partition coefficient (Wildman–Crippen LogP) is 6.49. The van der Waals surface area contributed by atoms with Crippen molar-refractivity contribution >= 4 is 70.5 Å². The number of benzene rings is 6. The zero-order valence-corrected chi connectivity index (χ0v) is 16.4. The van der Waals surface area contributed by atoms with Crippen LogP contribution in [0.25, 0.3) is 70.5 Å². The van der Waals surface area contributed by atoms with E-state index in [1.165, 1.54) is 32.3 Å². The van der Waals surface area contributed by atoms with E-state index in [1.54, 1.807) is 4.40 Å². The minimum absolute atomic E-state index is 0.00281. The number of nitrogens with zero attached hydrogens (tertiary/aromatic N) is 2. The van der Waals surface area contributed by atoms with Crippen LogP contribution in [0.3, 0.4) is 0 Å². The summed E-state index contributed by atoms with van der Waals surface area (Å²) in [7, 11) is 0. The summed E-state index contributed by atoms with van der Waals surface area (Å²) in [6.07, 6.45) is 0. The summed E-state index contributed by atoms with van der Waals surface area (Å²) in [6.45, 7) is 0. The number of pyridine rings is 1. The van der Waals surface area contributed by atoms with Gasteiger partial charge in [0.1, 0.15) is 5.65 Å². The predicted molar refractivity (Wildman–Crippen MR) is 129 cm³/mol. The first-order valence-corrected chi connectivity index (χ1v) is 10.5. The molecule has 3 nitrogen and oxygen atoms in total. The van der Waals surface area contributed by atoms with Crippen molar-refractivity contribution in [3.05, 3.63) is 95.3 Å². The molecule has 0 aliphatic heterocycles. The van der Waals surface area contributed by atoms with Crippen molar-refractivity contribution in [3.8, 4) is 0 Å². The molecule has 2 aromatic heterocycles. The second-order valence-electron chi connectivity index (χ2n) is 8.35. The lowest BCUT2D eigenvalue weighted by atomic mass is 9.88. The molecule has 8 aromatic rings. The summed E-state index contributed by atoms with van der Waals surface area (Å²) in [4.78, 5) is 18.5. The maximum atomic E-state index is 13.7. The first-order chi connectivity index (χ1) is 15.3. The van der Waals surface area contributed by atoms with Crippen molar-refractivity contribution in [2.24, 2.45) is 0 Å². The van der Waals surface area contributed by atoms with Crippen molar-refractivity contribution in [2.45, 2.75) is 0 Å². The summed E-state index contributed by atoms with van der Waals surface area (Å²) in [5.41, 5.74) is 2.44. The average Bonchev–Trinajstić information content (AvgIpc) is 3.21. The molecule has 8 rings (SSSR count). The Balaban J connectivity index is 1.77. The summed E-state index contributed by atoms with van der Waals surface area (Å²) in [5.74, 6) is 0. The van der Waals surface area contributed by atoms with E-state index in [-0.39, 0.29) is 5.56 Å². The molecule has 0 saturated heterocycles. The van der Waals surface area contributed by atoms with Crippen molar-refractivity contribution in [3.63, 3.8) is 0 Å². The highest BCUT2D eigenvalue weighted by Crippen LogP contribution is 2.43. The third-order valence-electron chi connectivity index (χ3n) is 6.88. The van der Waals surface area contributed by atoms with Gasteiger partial charge in [0.15, 0.2) is 0 Å². The molecule has 0 fully saturated rings. The van der Waals surface area contributed by atoms with Crippen LogP contribution in [-0.4, -0.2) is 9.38 Å². The monoisotopic (exact) mass is 394 g/mol. The lowest BCUT2D eigenvalue weighted by Crippen LogP contribution is -2.13. The van der Waals surface area contributed by atoms with Gasteiger partial charge in [-0.05, 0) is 62.0 Å². The van der Waals surface area contributed by atoms with E-state index in [1.807, 2.05) is 30.3 Å². The number of aromatic nitrogens is 2. The van der Waals surface area contributed by atoms with E-state index in [2.05, 4.69) is 54.6 Å². The SMILES string of the molecule is O=c1c2ccc3c4cccc5cccc(c6ccc(c2c36)c2nc3ccccc3n12)c54.